The highest BCUT2D eigenvalue weighted by Crippen LogP contribution is 2.14. The third kappa shape index (κ3) is 4.23. The first kappa shape index (κ1) is 16.0. The predicted molar refractivity (Wildman–Crippen MR) is 79.6 cm³/mol. The fourth-order valence-electron chi connectivity index (χ4n) is 1.93. The maximum absolute atomic E-state index is 12.5. The van der Waals surface area contributed by atoms with Gasteiger partial charge in [-0.05, 0) is 32.4 Å². The third-order valence-electron chi connectivity index (χ3n) is 3.01. The first-order valence-corrected chi connectivity index (χ1v) is 7.07. The molecule has 5 nitrogen and oxygen atoms in total. The van der Waals surface area contributed by atoms with E-state index in [4.69, 9.17) is 5.26 Å². The number of aryl methyl sites for hydroxylation is 1. The Kier molecular flexibility index (Phi) is 6.51. The summed E-state index contributed by atoms with van der Waals surface area (Å²) >= 11 is 0. The van der Waals surface area contributed by atoms with Gasteiger partial charge in [0.05, 0.1) is 12.5 Å². The zero-order chi connectivity index (χ0) is 15.0. The van der Waals surface area contributed by atoms with Gasteiger partial charge in [-0.1, -0.05) is 6.92 Å². The van der Waals surface area contributed by atoms with Gasteiger partial charge in [0.2, 0.25) is 0 Å². The van der Waals surface area contributed by atoms with E-state index in [0.717, 1.165) is 24.5 Å². The highest BCUT2D eigenvalue weighted by atomic mass is 16.2. The number of hydrogen-bond acceptors (Lipinski definition) is 4. The molecular formula is C15H22N4O. The number of carbonyl (C=O) groups excluding carboxylic acids is 1. The van der Waals surface area contributed by atoms with Gasteiger partial charge in [0.15, 0.2) is 0 Å². The maximum atomic E-state index is 12.5. The number of anilines is 1. The van der Waals surface area contributed by atoms with Crippen LogP contribution >= 0.6 is 0 Å². The molecule has 1 aromatic rings. The summed E-state index contributed by atoms with van der Waals surface area (Å²) < 4.78 is 0. The van der Waals surface area contributed by atoms with Crippen molar-refractivity contribution in [3.05, 3.63) is 23.4 Å². The van der Waals surface area contributed by atoms with Crippen LogP contribution in [-0.2, 0) is 6.42 Å². The van der Waals surface area contributed by atoms with Gasteiger partial charge in [-0.25, -0.2) is 4.98 Å². The van der Waals surface area contributed by atoms with Crippen LogP contribution in [0.25, 0.3) is 0 Å². The van der Waals surface area contributed by atoms with Gasteiger partial charge in [-0.2, -0.15) is 5.26 Å². The standard InChI is InChI=1S/C15H22N4O/c1-4-13-10-12(11-14(18-13)17-5-2)15(20)19(6-3)9-7-8-16/h10-11H,4-7,9H2,1-3H3,(H,17,18). The summed E-state index contributed by atoms with van der Waals surface area (Å²) in [4.78, 5) is 18.6. The van der Waals surface area contributed by atoms with Gasteiger partial charge in [-0.3, -0.25) is 4.79 Å². The number of nitrogens with zero attached hydrogens (tertiary/aromatic N) is 3. The normalized spacial score (nSPS) is 9.90. The number of aromatic nitrogens is 1. The Bertz CT molecular complexity index is 493. The van der Waals surface area contributed by atoms with Gasteiger partial charge >= 0.3 is 0 Å². The molecule has 1 heterocycles. The van der Waals surface area contributed by atoms with E-state index < -0.39 is 0 Å². The van der Waals surface area contributed by atoms with Crippen LogP contribution in [0.3, 0.4) is 0 Å². The molecule has 0 radical (unpaired) electrons. The highest BCUT2D eigenvalue weighted by Gasteiger charge is 2.15. The number of hydrogen-bond donors (Lipinski definition) is 1. The van der Waals surface area contributed by atoms with E-state index in [-0.39, 0.29) is 5.91 Å². The summed E-state index contributed by atoms with van der Waals surface area (Å²) in [5.41, 5.74) is 1.52. The number of nitrogens with one attached hydrogen (secondary N) is 1. The number of rotatable bonds is 7. The van der Waals surface area contributed by atoms with Crippen LogP contribution < -0.4 is 5.32 Å². The molecule has 0 aromatic carbocycles. The zero-order valence-electron chi connectivity index (χ0n) is 12.4. The molecule has 0 aliphatic rings. The highest BCUT2D eigenvalue weighted by molar-refractivity contribution is 5.95. The lowest BCUT2D eigenvalue weighted by atomic mass is 10.1. The SMILES string of the molecule is CCNc1cc(C(=O)N(CC)CCC#N)cc(CC)n1. The largest absolute Gasteiger partial charge is 0.370 e. The molecule has 0 saturated heterocycles. The van der Waals surface area contributed by atoms with Crippen LogP contribution in [0.2, 0.25) is 0 Å². The van der Waals surface area contributed by atoms with Crippen LogP contribution in [-0.4, -0.2) is 35.4 Å². The quantitative estimate of drug-likeness (QED) is 0.829. The molecular weight excluding hydrogens is 252 g/mol. The molecule has 1 aromatic heterocycles. The van der Waals surface area contributed by atoms with Crippen molar-refractivity contribution in [2.24, 2.45) is 0 Å². The average molecular weight is 274 g/mol. The number of pyridine rings is 1. The van der Waals surface area contributed by atoms with Crippen LogP contribution in [0, 0.1) is 11.3 Å². The Morgan fingerprint density at radius 2 is 2.15 bits per heavy atom. The fourth-order valence-corrected chi connectivity index (χ4v) is 1.93. The molecule has 108 valence electrons. The molecule has 20 heavy (non-hydrogen) atoms. The lowest BCUT2D eigenvalue weighted by molar-refractivity contribution is 0.0767. The molecule has 1 N–H and O–H groups in total. The van der Waals surface area contributed by atoms with E-state index >= 15 is 0 Å². The number of amides is 1. The Morgan fingerprint density at radius 3 is 2.70 bits per heavy atom. The fraction of sp³-hybridized carbons (Fsp3) is 0.533. The molecule has 0 aliphatic carbocycles. The van der Waals surface area contributed by atoms with Crippen molar-refractivity contribution in [2.75, 3.05) is 25.0 Å². The van der Waals surface area contributed by atoms with E-state index in [1.54, 1.807) is 11.0 Å². The summed E-state index contributed by atoms with van der Waals surface area (Å²) in [6.45, 7) is 7.75. The van der Waals surface area contributed by atoms with Crippen molar-refractivity contribution in [2.45, 2.75) is 33.6 Å². The molecule has 0 bridgehead atoms. The van der Waals surface area contributed by atoms with Gasteiger partial charge in [0.25, 0.3) is 5.91 Å². The predicted octanol–water partition coefficient (Wildman–Crippen LogP) is 2.45. The molecule has 0 aliphatic heterocycles. The van der Waals surface area contributed by atoms with Crippen LogP contribution in [0.15, 0.2) is 12.1 Å². The Hall–Kier alpha value is -2.09. The minimum Gasteiger partial charge on any atom is -0.370 e. The van der Waals surface area contributed by atoms with Gasteiger partial charge in [0, 0.05) is 30.9 Å². The van der Waals surface area contributed by atoms with E-state index in [1.807, 2.05) is 26.8 Å². The molecule has 0 saturated carbocycles. The van der Waals surface area contributed by atoms with Crippen LogP contribution in [0.1, 0.15) is 43.2 Å². The Balaban J connectivity index is 3.00. The van der Waals surface area contributed by atoms with Gasteiger partial charge in [0.1, 0.15) is 5.82 Å². The van der Waals surface area contributed by atoms with Gasteiger partial charge in [-0.15, -0.1) is 0 Å². The monoisotopic (exact) mass is 274 g/mol. The minimum atomic E-state index is -0.0426. The summed E-state index contributed by atoms with van der Waals surface area (Å²) in [5, 5.41) is 11.8. The summed E-state index contributed by atoms with van der Waals surface area (Å²) in [6.07, 6.45) is 1.13. The molecule has 5 heteroatoms. The minimum absolute atomic E-state index is 0.0426. The topological polar surface area (TPSA) is 69.0 Å². The first-order valence-electron chi connectivity index (χ1n) is 7.07. The summed E-state index contributed by atoms with van der Waals surface area (Å²) in [7, 11) is 0. The molecule has 1 amide bonds. The van der Waals surface area contributed by atoms with E-state index in [1.165, 1.54) is 0 Å². The van der Waals surface area contributed by atoms with Crippen LogP contribution in [0.5, 0.6) is 0 Å². The van der Waals surface area contributed by atoms with Crippen molar-refractivity contribution in [3.63, 3.8) is 0 Å². The van der Waals surface area contributed by atoms with Crippen molar-refractivity contribution in [3.8, 4) is 6.07 Å². The summed E-state index contributed by atoms with van der Waals surface area (Å²) in [5.74, 6) is 0.686. The van der Waals surface area contributed by atoms with E-state index in [9.17, 15) is 4.79 Å². The van der Waals surface area contributed by atoms with E-state index in [2.05, 4.69) is 16.4 Å². The van der Waals surface area contributed by atoms with Crippen molar-refractivity contribution in [1.29, 1.82) is 5.26 Å². The smallest absolute Gasteiger partial charge is 0.254 e. The molecule has 0 spiro atoms. The first-order chi connectivity index (χ1) is 9.65. The van der Waals surface area contributed by atoms with Crippen molar-refractivity contribution < 1.29 is 4.79 Å². The second kappa shape index (κ2) is 8.16. The molecule has 0 unspecified atom stereocenters. The second-order valence-corrected chi connectivity index (χ2v) is 4.41. The Labute approximate surface area is 120 Å². The lowest BCUT2D eigenvalue weighted by Gasteiger charge is -2.20. The Morgan fingerprint density at radius 1 is 1.40 bits per heavy atom. The average Bonchev–Trinajstić information content (AvgIpc) is 2.47. The zero-order valence-corrected chi connectivity index (χ0v) is 12.4. The maximum Gasteiger partial charge on any atom is 0.254 e. The van der Waals surface area contributed by atoms with Crippen molar-refractivity contribution >= 4 is 11.7 Å². The summed E-state index contributed by atoms with van der Waals surface area (Å²) in [6, 6.07) is 5.68. The van der Waals surface area contributed by atoms with Gasteiger partial charge < -0.3 is 10.2 Å². The third-order valence-corrected chi connectivity index (χ3v) is 3.01. The molecule has 1 rings (SSSR count). The van der Waals surface area contributed by atoms with E-state index in [0.29, 0.717) is 25.1 Å². The molecule has 0 atom stereocenters. The number of nitriles is 1. The second-order valence-electron chi connectivity index (χ2n) is 4.41. The van der Waals surface area contributed by atoms with Crippen LogP contribution in [0.4, 0.5) is 5.82 Å². The van der Waals surface area contributed by atoms with Crippen molar-refractivity contribution in [1.82, 2.24) is 9.88 Å². The lowest BCUT2D eigenvalue weighted by Crippen LogP contribution is -2.31. The molecule has 0 fully saturated rings. The number of carbonyl (C=O) groups is 1.